The van der Waals surface area contributed by atoms with E-state index in [0.29, 0.717) is 44.7 Å². The number of piperazine rings is 1. The Labute approximate surface area is 123 Å². The van der Waals surface area contributed by atoms with Gasteiger partial charge in [-0.2, -0.15) is 0 Å². The highest BCUT2D eigenvalue weighted by Gasteiger charge is 2.22. The van der Waals surface area contributed by atoms with Crippen molar-refractivity contribution in [2.45, 2.75) is 19.4 Å². The zero-order valence-corrected chi connectivity index (χ0v) is 12.1. The number of rotatable bonds is 4. The summed E-state index contributed by atoms with van der Waals surface area (Å²) in [4.78, 5) is 15.4. The number of carbonyl (C=O) groups excluding carboxylic acids is 1. The van der Waals surface area contributed by atoms with Crippen LogP contribution in [0.4, 0.5) is 8.78 Å². The molecule has 1 N–H and O–H groups in total. The minimum atomic E-state index is -0.954. The Morgan fingerprint density at radius 3 is 2.48 bits per heavy atom. The van der Waals surface area contributed by atoms with Crippen molar-refractivity contribution in [3.8, 4) is 0 Å². The molecule has 116 valence electrons. The largest absolute Gasteiger partial charge is 0.387 e. The van der Waals surface area contributed by atoms with Gasteiger partial charge in [0.2, 0.25) is 5.91 Å². The van der Waals surface area contributed by atoms with Crippen molar-refractivity contribution in [1.82, 2.24) is 9.80 Å². The van der Waals surface area contributed by atoms with Gasteiger partial charge in [-0.15, -0.1) is 0 Å². The number of benzene rings is 1. The number of nitrogens with zero attached hydrogens (tertiary/aromatic N) is 2. The molecule has 4 nitrogen and oxygen atoms in total. The van der Waals surface area contributed by atoms with E-state index in [-0.39, 0.29) is 5.91 Å². The summed E-state index contributed by atoms with van der Waals surface area (Å²) in [6.07, 6.45) is -0.370. The molecule has 0 spiro atoms. The fourth-order valence-electron chi connectivity index (χ4n) is 2.47. The molecular weight excluding hydrogens is 278 g/mol. The van der Waals surface area contributed by atoms with Crippen LogP contribution in [0.3, 0.4) is 0 Å². The zero-order valence-electron chi connectivity index (χ0n) is 12.1. The van der Waals surface area contributed by atoms with Gasteiger partial charge in [-0.05, 0) is 17.7 Å². The van der Waals surface area contributed by atoms with Crippen LogP contribution in [0.5, 0.6) is 0 Å². The summed E-state index contributed by atoms with van der Waals surface area (Å²) in [5, 5.41) is 10.1. The maximum absolute atomic E-state index is 13.2. The third-order valence-corrected chi connectivity index (χ3v) is 3.79. The molecule has 1 fully saturated rings. The van der Waals surface area contributed by atoms with Gasteiger partial charge >= 0.3 is 0 Å². The molecule has 0 saturated carbocycles. The van der Waals surface area contributed by atoms with Crippen molar-refractivity contribution >= 4 is 5.91 Å². The second-order valence-corrected chi connectivity index (χ2v) is 5.22. The molecule has 1 aromatic rings. The van der Waals surface area contributed by atoms with Gasteiger partial charge in [0.25, 0.3) is 0 Å². The predicted octanol–water partition coefficient (Wildman–Crippen LogP) is 1.55. The van der Waals surface area contributed by atoms with Crippen molar-refractivity contribution in [1.29, 1.82) is 0 Å². The Hall–Kier alpha value is -1.53. The Balaban J connectivity index is 1.88. The van der Waals surface area contributed by atoms with Crippen LogP contribution in [0.25, 0.3) is 0 Å². The number of aliphatic hydroxyl groups excluding tert-OH is 1. The van der Waals surface area contributed by atoms with Crippen LogP contribution in [0, 0.1) is 11.6 Å². The first-order valence-corrected chi connectivity index (χ1v) is 7.14. The Bertz CT molecular complexity index is 502. The van der Waals surface area contributed by atoms with Crippen molar-refractivity contribution in [2.75, 3.05) is 32.7 Å². The molecule has 0 bridgehead atoms. The maximum atomic E-state index is 13.2. The molecule has 6 heteroatoms. The fraction of sp³-hybridized carbons (Fsp3) is 0.533. The number of hydrogen-bond acceptors (Lipinski definition) is 3. The molecule has 1 heterocycles. The van der Waals surface area contributed by atoms with E-state index in [1.165, 1.54) is 6.07 Å². The van der Waals surface area contributed by atoms with Crippen LogP contribution in [0.1, 0.15) is 25.0 Å². The van der Waals surface area contributed by atoms with Crippen LogP contribution >= 0.6 is 0 Å². The number of carbonyl (C=O) groups is 1. The van der Waals surface area contributed by atoms with Gasteiger partial charge in [-0.3, -0.25) is 9.69 Å². The smallest absolute Gasteiger partial charge is 0.222 e. The minimum absolute atomic E-state index is 0.135. The molecule has 1 atom stereocenters. The standard InChI is InChI=1S/C15H20F2N2O2/c1-2-15(21)19-7-5-18(6-8-19)10-14(20)11-3-4-12(16)13(17)9-11/h3-4,9,14,20H,2,5-8,10H2,1H3. The summed E-state index contributed by atoms with van der Waals surface area (Å²) in [7, 11) is 0. The highest BCUT2D eigenvalue weighted by molar-refractivity contribution is 5.75. The summed E-state index contributed by atoms with van der Waals surface area (Å²) in [6.45, 7) is 4.80. The number of hydrogen-bond donors (Lipinski definition) is 1. The summed E-state index contributed by atoms with van der Waals surface area (Å²) >= 11 is 0. The molecule has 0 aromatic heterocycles. The highest BCUT2D eigenvalue weighted by atomic mass is 19.2. The molecule has 1 saturated heterocycles. The van der Waals surface area contributed by atoms with Gasteiger partial charge in [-0.25, -0.2) is 8.78 Å². The van der Waals surface area contributed by atoms with E-state index in [4.69, 9.17) is 0 Å². The zero-order chi connectivity index (χ0) is 15.4. The second kappa shape index (κ2) is 6.95. The third-order valence-electron chi connectivity index (χ3n) is 3.79. The van der Waals surface area contributed by atoms with Crippen molar-refractivity contribution < 1.29 is 18.7 Å². The van der Waals surface area contributed by atoms with E-state index in [1.54, 1.807) is 4.90 Å². The number of β-amino-alcohol motifs (C(OH)–C–C–N with tert-alkyl or cyclic N) is 1. The number of amides is 1. The molecule has 1 aliphatic heterocycles. The van der Waals surface area contributed by atoms with Gasteiger partial charge < -0.3 is 10.0 Å². The molecular formula is C15H20F2N2O2. The van der Waals surface area contributed by atoms with E-state index in [2.05, 4.69) is 0 Å². The van der Waals surface area contributed by atoms with Crippen LogP contribution in [-0.4, -0.2) is 53.5 Å². The first-order valence-electron chi connectivity index (χ1n) is 7.14. The van der Waals surface area contributed by atoms with Crippen LogP contribution in [0.2, 0.25) is 0 Å². The van der Waals surface area contributed by atoms with E-state index in [1.807, 2.05) is 11.8 Å². The summed E-state index contributed by atoms with van der Waals surface area (Å²) in [6, 6.07) is 3.43. The number of aliphatic hydroxyl groups is 1. The van der Waals surface area contributed by atoms with Gasteiger partial charge in [0.15, 0.2) is 11.6 Å². The van der Waals surface area contributed by atoms with Gasteiger partial charge in [0.1, 0.15) is 0 Å². The van der Waals surface area contributed by atoms with Gasteiger partial charge in [0, 0.05) is 39.1 Å². The lowest BCUT2D eigenvalue weighted by molar-refractivity contribution is -0.132. The molecule has 2 rings (SSSR count). The number of halogens is 2. The topological polar surface area (TPSA) is 43.8 Å². The maximum Gasteiger partial charge on any atom is 0.222 e. The lowest BCUT2D eigenvalue weighted by Crippen LogP contribution is -2.49. The minimum Gasteiger partial charge on any atom is -0.387 e. The van der Waals surface area contributed by atoms with E-state index < -0.39 is 17.7 Å². The Kier molecular flexibility index (Phi) is 5.25. The summed E-state index contributed by atoms with van der Waals surface area (Å²) in [5.41, 5.74) is 0.362. The van der Waals surface area contributed by atoms with E-state index in [0.717, 1.165) is 12.1 Å². The Morgan fingerprint density at radius 2 is 1.90 bits per heavy atom. The lowest BCUT2D eigenvalue weighted by atomic mass is 10.1. The van der Waals surface area contributed by atoms with E-state index >= 15 is 0 Å². The quantitative estimate of drug-likeness (QED) is 0.917. The van der Waals surface area contributed by atoms with Gasteiger partial charge in [0.05, 0.1) is 6.10 Å². The molecule has 1 aliphatic rings. The average Bonchev–Trinajstić information content (AvgIpc) is 2.50. The lowest BCUT2D eigenvalue weighted by Gasteiger charge is -2.35. The molecule has 1 unspecified atom stereocenters. The fourth-order valence-corrected chi connectivity index (χ4v) is 2.47. The highest BCUT2D eigenvalue weighted by Crippen LogP contribution is 2.18. The first kappa shape index (κ1) is 15.9. The SMILES string of the molecule is CCC(=O)N1CCN(CC(O)c2ccc(F)c(F)c2)CC1. The Morgan fingerprint density at radius 1 is 1.24 bits per heavy atom. The van der Waals surface area contributed by atoms with Crippen molar-refractivity contribution in [3.05, 3.63) is 35.4 Å². The normalized spacial score (nSPS) is 17.8. The average molecular weight is 298 g/mol. The van der Waals surface area contributed by atoms with Crippen molar-refractivity contribution in [2.24, 2.45) is 0 Å². The van der Waals surface area contributed by atoms with Crippen molar-refractivity contribution in [3.63, 3.8) is 0 Å². The van der Waals surface area contributed by atoms with Gasteiger partial charge in [-0.1, -0.05) is 13.0 Å². The van der Waals surface area contributed by atoms with E-state index in [9.17, 15) is 18.7 Å². The molecule has 21 heavy (non-hydrogen) atoms. The second-order valence-electron chi connectivity index (χ2n) is 5.22. The van der Waals surface area contributed by atoms with Crippen LogP contribution in [-0.2, 0) is 4.79 Å². The molecule has 1 aromatic carbocycles. The third kappa shape index (κ3) is 3.98. The molecule has 1 amide bonds. The summed E-state index contributed by atoms with van der Waals surface area (Å²) < 4.78 is 26.0. The molecule has 0 radical (unpaired) electrons. The first-order chi connectivity index (χ1) is 10.0. The predicted molar refractivity (Wildman–Crippen MR) is 74.6 cm³/mol. The van der Waals surface area contributed by atoms with Crippen LogP contribution in [0.15, 0.2) is 18.2 Å². The molecule has 0 aliphatic carbocycles. The van der Waals surface area contributed by atoms with Crippen LogP contribution < -0.4 is 0 Å². The monoisotopic (exact) mass is 298 g/mol. The summed E-state index contributed by atoms with van der Waals surface area (Å²) in [5.74, 6) is -1.74.